The first-order valence-corrected chi connectivity index (χ1v) is 7.61. The third kappa shape index (κ3) is 4.13. The molecule has 0 bridgehead atoms. The summed E-state index contributed by atoms with van der Waals surface area (Å²) in [6, 6.07) is 4.75. The highest BCUT2D eigenvalue weighted by atomic mass is 35.5. The van der Waals surface area contributed by atoms with Crippen LogP contribution in [-0.2, 0) is 9.53 Å². The molecule has 122 valence electrons. The summed E-state index contributed by atoms with van der Waals surface area (Å²) in [5.74, 6) is -0.896. The molecule has 22 heavy (non-hydrogen) atoms. The lowest BCUT2D eigenvalue weighted by Crippen LogP contribution is -2.47. The number of hydrogen-bond acceptors (Lipinski definition) is 4. The molecular weight excluding hydrogens is 304 g/mol. The first-order chi connectivity index (χ1) is 10.2. The third-order valence-corrected chi connectivity index (χ3v) is 3.60. The largest absolute Gasteiger partial charge is 0.449 e. The first kappa shape index (κ1) is 18.3. The molecule has 0 saturated heterocycles. The van der Waals surface area contributed by atoms with Gasteiger partial charge in [-0.05, 0) is 46.8 Å². The number of ether oxygens (including phenoxy) is 1. The van der Waals surface area contributed by atoms with Crippen LogP contribution in [0.2, 0.25) is 5.02 Å². The Bertz CT molecular complexity index is 550. The van der Waals surface area contributed by atoms with Crippen molar-refractivity contribution in [3.8, 4) is 0 Å². The zero-order valence-electron chi connectivity index (χ0n) is 13.6. The van der Waals surface area contributed by atoms with E-state index in [-0.39, 0.29) is 34.3 Å². The topological polar surface area (TPSA) is 72.6 Å². The molecule has 0 saturated carbocycles. The number of benzene rings is 1. The number of rotatable bonds is 5. The van der Waals surface area contributed by atoms with Gasteiger partial charge in [-0.1, -0.05) is 17.7 Å². The Hall–Kier alpha value is -1.75. The molecule has 1 rings (SSSR count). The second-order valence-corrected chi connectivity index (χ2v) is 6.09. The fraction of sp³-hybridized carbons (Fsp3) is 0.500. The number of esters is 1. The number of anilines is 1. The van der Waals surface area contributed by atoms with Gasteiger partial charge in [0.1, 0.15) is 0 Å². The van der Waals surface area contributed by atoms with Crippen molar-refractivity contribution < 1.29 is 14.3 Å². The van der Waals surface area contributed by atoms with Crippen LogP contribution in [0, 0.1) is 0 Å². The van der Waals surface area contributed by atoms with E-state index >= 15 is 0 Å². The zero-order valence-corrected chi connectivity index (χ0v) is 14.3. The highest BCUT2D eigenvalue weighted by Gasteiger charge is 2.28. The molecule has 2 N–H and O–H groups in total. The average Bonchev–Trinajstić information content (AvgIpc) is 2.40. The van der Waals surface area contributed by atoms with Crippen LogP contribution >= 0.6 is 11.6 Å². The molecule has 0 fully saturated rings. The minimum atomic E-state index is -0.893. The third-order valence-electron chi connectivity index (χ3n) is 3.27. The fourth-order valence-electron chi connectivity index (χ4n) is 2.30. The van der Waals surface area contributed by atoms with Crippen LogP contribution in [0.1, 0.15) is 45.0 Å². The SMILES string of the molecule is CC(OC(=O)c1cccc(Cl)c1N)C(=O)N(C(C)C)C(C)C. The number of nitrogen functional groups attached to an aromatic ring is 1. The quantitative estimate of drug-likeness (QED) is 0.666. The normalized spacial score (nSPS) is 12.4. The summed E-state index contributed by atoms with van der Waals surface area (Å²) in [6.07, 6.45) is -0.893. The lowest BCUT2D eigenvalue weighted by atomic mass is 10.1. The highest BCUT2D eigenvalue weighted by molar-refractivity contribution is 6.33. The van der Waals surface area contributed by atoms with Crippen LogP contribution in [0.25, 0.3) is 0 Å². The Morgan fingerprint density at radius 3 is 2.18 bits per heavy atom. The van der Waals surface area contributed by atoms with Crippen LogP contribution in [0.4, 0.5) is 5.69 Å². The number of hydrogen-bond donors (Lipinski definition) is 1. The van der Waals surface area contributed by atoms with Gasteiger partial charge < -0.3 is 15.4 Å². The molecule has 0 aliphatic carbocycles. The van der Waals surface area contributed by atoms with E-state index < -0.39 is 12.1 Å². The minimum Gasteiger partial charge on any atom is -0.449 e. The predicted molar refractivity (Wildman–Crippen MR) is 87.9 cm³/mol. The molecule has 0 spiro atoms. The Labute approximate surface area is 136 Å². The van der Waals surface area contributed by atoms with E-state index in [1.54, 1.807) is 24.0 Å². The van der Waals surface area contributed by atoms with Crippen molar-refractivity contribution in [3.63, 3.8) is 0 Å². The summed E-state index contributed by atoms with van der Waals surface area (Å²) in [4.78, 5) is 26.3. The smallest absolute Gasteiger partial charge is 0.341 e. The molecular formula is C16H23ClN2O3. The van der Waals surface area contributed by atoms with E-state index in [1.807, 2.05) is 27.7 Å². The highest BCUT2D eigenvalue weighted by Crippen LogP contribution is 2.23. The van der Waals surface area contributed by atoms with E-state index in [1.165, 1.54) is 6.07 Å². The molecule has 1 aromatic rings. The number of carbonyl (C=O) groups is 2. The Balaban J connectivity index is 2.87. The minimum absolute atomic E-state index is 0.0184. The molecule has 1 unspecified atom stereocenters. The van der Waals surface area contributed by atoms with Crippen LogP contribution in [-0.4, -0.2) is 35.0 Å². The molecule has 1 amide bonds. The molecule has 5 nitrogen and oxygen atoms in total. The summed E-state index contributed by atoms with van der Waals surface area (Å²) >= 11 is 5.88. The van der Waals surface area contributed by atoms with Crippen molar-refractivity contribution in [2.24, 2.45) is 0 Å². The number of para-hydroxylation sites is 1. The second-order valence-electron chi connectivity index (χ2n) is 5.68. The maximum absolute atomic E-state index is 12.4. The number of halogens is 1. The summed E-state index contributed by atoms with van der Waals surface area (Å²) in [7, 11) is 0. The standard InChI is InChI=1S/C16H23ClN2O3/c1-9(2)19(10(3)4)15(20)11(5)22-16(21)12-7-6-8-13(17)14(12)18/h6-11H,18H2,1-5H3. The van der Waals surface area contributed by atoms with Gasteiger partial charge in [0, 0.05) is 12.1 Å². The van der Waals surface area contributed by atoms with E-state index in [4.69, 9.17) is 22.1 Å². The molecule has 0 aliphatic heterocycles. The van der Waals surface area contributed by atoms with Gasteiger partial charge in [0.05, 0.1) is 16.3 Å². The summed E-state index contributed by atoms with van der Waals surface area (Å²) in [5, 5.41) is 0.277. The van der Waals surface area contributed by atoms with Crippen molar-refractivity contribution in [2.75, 3.05) is 5.73 Å². The molecule has 0 aliphatic rings. The summed E-state index contributed by atoms with van der Waals surface area (Å²) in [5.41, 5.74) is 6.07. The Morgan fingerprint density at radius 2 is 1.68 bits per heavy atom. The Morgan fingerprint density at radius 1 is 1.14 bits per heavy atom. The number of nitrogens with zero attached hydrogens (tertiary/aromatic N) is 1. The van der Waals surface area contributed by atoms with Crippen LogP contribution in [0.5, 0.6) is 0 Å². The van der Waals surface area contributed by atoms with Crippen LogP contribution in [0.15, 0.2) is 18.2 Å². The predicted octanol–water partition coefficient (Wildman–Crippen LogP) is 3.11. The lowest BCUT2D eigenvalue weighted by Gasteiger charge is -2.32. The summed E-state index contributed by atoms with van der Waals surface area (Å²) < 4.78 is 5.25. The van der Waals surface area contributed by atoms with Crippen molar-refractivity contribution in [2.45, 2.75) is 52.8 Å². The van der Waals surface area contributed by atoms with Gasteiger partial charge in [-0.15, -0.1) is 0 Å². The fourth-order valence-corrected chi connectivity index (χ4v) is 2.48. The maximum atomic E-state index is 12.4. The van der Waals surface area contributed by atoms with Crippen molar-refractivity contribution in [3.05, 3.63) is 28.8 Å². The first-order valence-electron chi connectivity index (χ1n) is 7.24. The van der Waals surface area contributed by atoms with Gasteiger partial charge in [-0.25, -0.2) is 4.79 Å². The molecule has 0 heterocycles. The molecule has 1 atom stereocenters. The van der Waals surface area contributed by atoms with Gasteiger partial charge in [-0.2, -0.15) is 0 Å². The van der Waals surface area contributed by atoms with Crippen molar-refractivity contribution >= 4 is 29.2 Å². The number of carbonyl (C=O) groups excluding carboxylic acids is 2. The van der Waals surface area contributed by atoms with Crippen molar-refractivity contribution in [1.29, 1.82) is 0 Å². The summed E-state index contributed by atoms with van der Waals surface area (Å²) in [6.45, 7) is 9.23. The molecule has 6 heteroatoms. The monoisotopic (exact) mass is 326 g/mol. The van der Waals surface area contributed by atoms with Crippen LogP contribution in [0.3, 0.4) is 0 Å². The van der Waals surface area contributed by atoms with E-state index in [2.05, 4.69) is 0 Å². The van der Waals surface area contributed by atoms with Gasteiger partial charge in [0.2, 0.25) is 0 Å². The van der Waals surface area contributed by atoms with E-state index in [9.17, 15) is 9.59 Å². The second kappa shape index (κ2) is 7.49. The van der Waals surface area contributed by atoms with Crippen LogP contribution < -0.4 is 5.73 Å². The van der Waals surface area contributed by atoms with E-state index in [0.29, 0.717) is 0 Å². The molecule has 1 aromatic carbocycles. The zero-order chi connectivity index (χ0) is 17.0. The Kier molecular flexibility index (Phi) is 6.23. The van der Waals surface area contributed by atoms with Gasteiger partial charge in [-0.3, -0.25) is 4.79 Å². The molecule has 0 radical (unpaired) electrons. The number of nitrogens with two attached hydrogens (primary N) is 1. The lowest BCUT2D eigenvalue weighted by molar-refractivity contribution is -0.143. The van der Waals surface area contributed by atoms with Gasteiger partial charge in [0.25, 0.3) is 5.91 Å². The van der Waals surface area contributed by atoms with Crippen molar-refractivity contribution in [1.82, 2.24) is 4.90 Å². The number of amides is 1. The van der Waals surface area contributed by atoms with E-state index in [0.717, 1.165) is 0 Å². The average molecular weight is 327 g/mol. The van der Waals surface area contributed by atoms with Gasteiger partial charge in [0.15, 0.2) is 6.10 Å². The van der Waals surface area contributed by atoms with Gasteiger partial charge >= 0.3 is 5.97 Å². The molecule has 0 aromatic heterocycles. The maximum Gasteiger partial charge on any atom is 0.341 e.